The summed E-state index contributed by atoms with van der Waals surface area (Å²) in [6.07, 6.45) is 6.84. The number of carbonyl (C=O) groups excluding carboxylic acids is 2. The van der Waals surface area contributed by atoms with Crippen LogP contribution >= 0.6 is 0 Å². The number of rotatable bonds is 4. The van der Waals surface area contributed by atoms with Crippen molar-refractivity contribution in [1.82, 2.24) is 0 Å². The highest BCUT2D eigenvalue weighted by atomic mass is 16.6. The van der Waals surface area contributed by atoms with Gasteiger partial charge in [-0.25, -0.2) is 4.90 Å². The molecule has 1 saturated heterocycles. The molecule has 5 aliphatic carbocycles. The second kappa shape index (κ2) is 7.99. The van der Waals surface area contributed by atoms with Gasteiger partial charge in [-0.1, -0.05) is 51.0 Å². The van der Waals surface area contributed by atoms with Gasteiger partial charge < -0.3 is 5.11 Å². The number of aliphatic carboxylic acids is 1. The van der Waals surface area contributed by atoms with Crippen LogP contribution in [0.5, 0.6) is 0 Å². The van der Waals surface area contributed by atoms with Crippen LogP contribution in [0, 0.1) is 61.9 Å². The second-order valence-electron chi connectivity index (χ2n) is 13.2. The lowest BCUT2D eigenvalue weighted by Crippen LogP contribution is -2.65. The van der Waals surface area contributed by atoms with E-state index in [1.807, 2.05) is 6.92 Å². The molecule has 1 aliphatic heterocycles. The number of amides is 2. The lowest BCUT2D eigenvalue weighted by atomic mass is 9.34. The van der Waals surface area contributed by atoms with Crippen molar-refractivity contribution in [2.75, 3.05) is 4.90 Å². The number of anilines is 1. The van der Waals surface area contributed by atoms with Crippen molar-refractivity contribution in [1.29, 1.82) is 0 Å². The molecule has 6 aliphatic rings. The molecular formula is C30H36N2O6. The van der Waals surface area contributed by atoms with Gasteiger partial charge in [-0.05, 0) is 74.2 Å². The molecule has 202 valence electrons. The fourth-order valence-corrected chi connectivity index (χ4v) is 10.0. The average molecular weight is 521 g/mol. The molecule has 2 bridgehead atoms. The first-order valence-electron chi connectivity index (χ1n) is 14.0. The van der Waals surface area contributed by atoms with Crippen LogP contribution in [0.2, 0.25) is 0 Å². The first-order chi connectivity index (χ1) is 17.9. The Bertz CT molecular complexity index is 1300. The van der Waals surface area contributed by atoms with E-state index in [1.165, 1.54) is 17.7 Å². The number of nitro groups is 1. The third-order valence-electron chi connectivity index (χ3n) is 11.5. The highest BCUT2D eigenvalue weighted by molar-refractivity contribution is 6.23. The number of carboxylic acid groups (broad SMARTS) is 1. The lowest BCUT2D eigenvalue weighted by Gasteiger charge is -2.68. The van der Waals surface area contributed by atoms with Gasteiger partial charge in [0.25, 0.3) is 5.69 Å². The number of carbonyl (C=O) groups is 3. The van der Waals surface area contributed by atoms with Crippen molar-refractivity contribution in [2.45, 2.75) is 66.2 Å². The Kier molecular flexibility index (Phi) is 5.31. The SMILES string of the molecule is CC(C)C1=C[C@]23CC[C@H]4[C@](C)(CCC[C@@]4(C)C(=O)O)[C@@H]2C[C@H]1[C@H]1C(=O)N(c2ccccc2[N+](=O)[O-])C(=O)[C@H]13. The number of imide groups is 1. The van der Waals surface area contributed by atoms with Crippen molar-refractivity contribution in [3.05, 3.63) is 46.0 Å². The van der Waals surface area contributed by atoms with Crippen LogP contribution in [0.4, 0.5) is 11.4 Å². The number of hydrogen-bond donors (Lipinski definition) is 1. The largest absolute Gasteiger partial charge is 0.481 e. The summed E-state index contributed by atoms with van der Waals surface area (Å²) in [5, 5.41) is 22.1. The van der Waals surface area contributed by atoms with E-state index in [4.69, 9.17) is 0 Å². The van der Waals surface area contributed by atoms with E-state index in [9.17, 15) is 29.6 Å². The maximum atomic E-state index is 14.3. The van der Waals surface area contributed by atoms with E-state index in [1.54, 1.807) is 12.1 Å². The zero-order valence-electron chi connectivity index (χ0n) is 22.5. The second-order valence-corrected chi connectivity index (χ2v) is 13.2. The number of fused-ring (bicyclic) bond motifs is 1. The van der Waals surface area contributed by atoms with Crippen molar-refractivity contribution >= 4 is 29.2 Å². The van der Waals surface area contributed by atoms with Crippen molar-refractivity contribution in [3.8, 4) is 0 Å². The van der Waals surface area contributed by atoms with E-state index in [0.717, 1.165) is 24.2 Å². The summed E-state index contributed by atoms with van der Waals surface area (Å²) in [6.45, 7) is 8.39. The Morgan fingerprint density at radius 3 is 2.47 bits per heavy atom. The number of nitro benzene ring substituents is 1. The molecule has 1 spiro atoms. The molecule has 38 heavy (non-hydrogen) atoms. The fourth-order valence-electron chi connectivity index (χ4n) is 10.0. The van der Waals surface area contributed by atoms with Crippen LogP contribution in [0.15, 0.2) is 35.9 Å². The van der Waals surface area contributed by atoms with Gasteiger partial charge in [-0.2, -0.15) is 0 Å². The van der Waals surface area contributed by atoms with Crippen molar-refractivity contribution in [3.63, 3.8) is 0 Å². The van der Waals surface area contributed by atoms with E-state index < -0.39 is 33.6 Å². The molecule has 0 radical (unpaired) electrons. The summed E-state index contributed by atoms with van der Waals surface area (Å²) in [5.41, 5.74) is -0.593. The first kappa shape index (κ1) is 25.3. The number of hydrogen-bond acceptors (Lipinski definition) is 5. The molecule has 3 saturated carbocycles. The molecule has 0 aromatic heterocycles. The van der Waals surface area contributed by atoms with Gasteiger partial charge in [0.05, 0.1) is 22.2 Å². The molecule has 2 amide bonds. The molecule has 8 heteroatoms. The van der Waals surface area contributed by atoms with Gasteiger partial charge in [-0.15, -0.1) is 0 Å². The van der Waals surface area contributed by atoms with Crippen LogP contribution in [0.3, 0.4) is 0 Å². The van der Waals surface area contributed by atoms with Gasteiger partial charge in [0, 0.05) is 11.5 Å². The summed E-state index contributed by atoms with van der Waals surface area (Å²) in [7, 11) is 0. The Morgan fingerprint density at radius 1 is 1.11 bits per heavy atom. The highest BCUT2D eigenvalue weighted by Gasteiger charge is 2.73. The molecule has 1 aromatic rings. The highest BCUT2D eigenvalue weighted by Crippen LogP contribution is 2.74. The van der Waals surface area contributed by atoms with Crippen LogP contribution in [0.25, 0.3) is 0 Å². The summed E-state index contributed by atoms with van der Waals surface area (Å²) in [5.74, 6) is -2.32. The minimum absolute atomic E-state index is 0.00379. The number of benzene rings is 1. The zero-order chi connectivity index (χ0) is 27.4. The Hall–Kier alpha value is -3.03. The normalized spacial score (nSPS) is 41.4. The van der Waals surface area contributed by atoms with E-state index in [0.29, 0.717) is 19.3 Å². The Labute approximate surface area is 222 Å². The standard InChI is InChI=1S/C30H36N2O6/c1-16(2)18-15-30-13-10-21-28(3,11-7-12-29(21,4)27(35)36)22(30)14-17(18)23-24(30)26(34)31(25(23)33)19-8-5-6-9-20(19)32(37)38/h5-6,8-9,15-17,21-24H,7,10-14H2,1-4H3,(H,35,36)/t17-,21+,22+,23-,24+,28+,29-,30-/m1/s1. The summed E-state index contributed by atoms with van der Waals surface area (Å²) in [6, 6.07) is 6.00. The molecular weight excluding hydrogens is 484 g/mol. The zero-order valence-corrected chi connectivity index (χ0v) is 22.5. The van der Waals surface area contributed by atoms with Gasteiger partial charge in [0.1, 0.15) is 5.69 Å². The van der Waals surface area contributed by atoms with Crippen LogP contribution in [-0.4, -0.2) is 27.8 Å². The van der Waals surface area contributed by atoms with E-state index >= 15 is 0 Å². The quantitative estimate of drug-likeness (QED) is 0.239. The third kappa shape index (κ3) is 2.94. The Balaban J connectivity index is 1.50. The van der Waals surface area contributed by atoms with Gasteiger partial charge in [-0.3, -0.25) is 24.5 Å². The topological polar surface area (TPSA) is 118 Å². The minimum atomic E-state index is -0.804. The summed E-state index contributed by atoms with van der Waals surface area (Å²) >= 11 is 0. The summed E-state index contributed by atoms with van der Waals surface area (Å²) < 4.78 is 0. The number of nitrogens with zero attached hydrogens (tertiary/aromatic N) is 2. The average Bonchev–Trinajstić information content (AvgIpc) is 3.15. The van der Waals surface area contributed by atoms with E-state index in [2.05, 4.69) is 26.8 Å². The summed E-state index contributed by atoms with van der Waals surface area (Å²) in [4.78, 5) is 53.3. The lowest BCUT2D eigenvalue weighted by molar-refractivity contribution is -0.384. The van der Waals surface area contributed by atoms with Gasteiger partial charge >= 0.3 is 5.97 Å². The maximum Gasteiger partial charge on any atom is 0.309 e. The molecule has 4 fully saturated rings. The monoisotopic (exact) mass is 520 g/mol. The molecule has 0 unspecified atom stereocenters. The van der Waals surface area contributed by atoms with Crippen LogP contribution in [-0.2, 0) is 14.4 Å². The van der Waals surface area contributed by atoms with Crippen molar-refractivity contribution in [2.24, 2.45) is 51.8 Å². The smallest absolute Gasteiger partial charge is 0.309 e. The molecule has 8 nitrogen and oxygen atoms in total. The van der Waals surface area contributed by atoms with Crippen LogP contribution < -0.4 is 4.90 Å². The van der Waals surface area contributed by atoms with Crippen LogP contribution in [0.1, 0.15) is 66.2 Å². The predicted octanol–water partition coefficient (Wildman–Crippen LogP) is 5.61. The molecule has 1 heterocycles. The number of carboxylic acids is 1. The molecule has 7 rings (SSSR count). The van der Waals surface area contributed by atoms with Crippen molar-refractivity contribution < 1.29 is 24.4 Å². The minimum Gasteiger partial charge on any atom is -0.481 e. The fraction of sp³-hybridized carbons (Fsp3) is 0.633. The van der Waals surface area contributed by atoms with Gasteiger partial charge in [0.15, 0.2) is 0 Å². The third-order valence-corrected chi connectivity index (χ3v) is 11.5. The number of allylic oxidation sites excluding steroid dienone is 2. The number of para-hydroxylation sites is 2. The predicted molar refractivity (Wildman–Crippen MR) is 140 cm³/mol. The molecule has 8 atom stereocenters. The Morgan fingerprint density at radius 2 is 1.82 bits per heavy atom. The first-order valence-corrected chi connectivity index (χ1v) is 14.0. The molecule has 1 N–H and O–H groups in total. The molecule has 1 aromatic carbocycles. The van der Waals surface area contributed by atoms with E-state index in [-0.39, 0.29) is 52.3 Å². The maximum absolute atomic E-state index is 14.3. The van der Waals surface area contributed by atoms with Gasteiger partial charge in [0.2, 0.25) is 11.8 Å².